The maximum atomic E-state index is 11.9. The third kappa shape index (κ3) is 8.37. The van der Waals surface area contributed by atoms with Gasteiger partial charge in [-0.25, -0.2) is 0 Å². The van der Waals surface area contributed by atoms with Crippen LogP contribution >= 0.6 is 35.0 Å². The summed E-state index contributed by atoms with van der Waals surface area (Å²) in [6, 6.07) is 11.6. The summed E-state index contributed by atoms with van der Waals surface area (Å²) in [6.07, 6.45) is 2.58. The van der Waals surface area contributed by atoms with Crippen LogP contribution in [0.5, 0.6) is 11.5 Å². The highest BCUT2D eigenvalue weighted by Crippen LogP contribution is 2.40. The Labute approximate surface area is 219 Å². The molecule has 190 valence electrons. The van der Waals surface area contributed by atoms with Crippen molar-refractivity contribution in [1.82, 2.24) is 0 Å². The van der Waals surface area contributed by atoms with Crippen LogP contribution in [0.15, 0.2) is 36.4 Å². The molecule has 2 atom stereocenters. The van der Waals surface area contributed by atoms with E-state index in [0.29, 0.717) is 28.8 Å². The topological polar surface area (TPSA) is 55.8 Å². The molecule has 0 aliphatic rings. The van der Waals surface area contributed by atoms with Crippen molar-refractivity contribution in [2.75, 3.05) is 19.5 Å². The molecule has 0 saturated carbocycles. The number of carbonyl (C=O) groups is 1. The van der Waals surface area contributed by atoms with E-state index in [9.17, 15) is 9.90 Å². The predicted molar refractivity (Wildman–Crippen MR) is 146 cm³/mol. The van der Waals surface area contributed by atoms with Crippen molar-refractivity contribution in [3.63, 3.8) is 0 Å². The van der Waals surface area contributed by atoms with E-state index in [1.165, 1.54) is 11.8 Å². The number of hydrogen-bond acceptors (Lipinski definition) is 5. The van der Waals surface area contributed by atoms with E-state index < -0.39 is 6.10 Å². The Morgan fingerprint density at radius 1 is 0.971 bits per heavy atom. The van der Waals surface area contributed by atoms with Gasteiger partial charge in [-0.2, -0.15) is 0 Å². The molecule has 0 bridgehead atoms. The molecule has 0 amide bonds. The first-order chi connectivity index (χ1) is 16.1. The molecule has 1 N–H and O–H groups in total. The first-order valence-corrected chi connectivity index (χ1v) is 13.7. The minimum atomic E-state index is -0.564. The Kier molecular flexibility index (Phi) is 13.4. The summed E-state index contributed by atoms with van der Waals surface area (Å²) in [4.78, 5) is 11.9. The molecule has 2 rings (SSSR count). The fourth-order valence-corrected chi connectivity index (χ4v) is 4.37. The lowest BCUT2D eigenvalue weighted by atomic mass is 9.78. The summed E-state index contributed by atoms with van der Waals surface area (Å²) < 4.78 is 11.5. The van der Waals surface area contributed by atoms with Crippen molar-refractivity contribution in [2.24, 2.45) is 5.92 Å². The van der Waals surface area contributed by atoms with E-state index in [-0.39, 0.29) is 23.1 Å². The maximum absolute atomic E-state index is 11.9. The van der Waals surface area contributed by atoms with Gasteiger partial charge in [-0.3, -0.25) is 4.79 Å². The van der Waals surface area contributed by atoms with Gasteiger partial charge in [0.25, 0.3) is 0 Å². The van der Waals surface area contributed by atoms with E-state index in [4.69, 9.17) is 32.7 Å². The molecule has 4 nitrogen and oxygen atoms in total. The van der Waals surface area contributed by atoms with Crippen LogP contribution in [0.1, 0.15) is 65.5 Å². The number of halogens is 2. The van der Waals surface area contributed by atoms with Gasteiger partial charge >= 0.3 is 0 Å². The van der Waals surface area contributed by atoms with Gasteiger partial charge < -0.3 is 14.6 Å². The Morgan fingerprint density at radius 2 is 1.53 bits per heavy atom. The van der Waals surface area contributed by atoms with Gasteiger partial charge in [0.05, 0.1) is 28.7 Å². The second-order valence-corrected chi connectivity index (χ2v) is 9.86. The quantitative estimate of drug-likeness (QED) is 0.322. The lowest BCUT2D eigenvalue weighted by Gasteiger charge is -2.27. The minimum absolute atomic E-state index is 0.107. The van der Waals surface area contributed by atoms with Crippen molar-refractivity contribution in [3.8, 4) is 11.5 Å². The zero-order chi connectivity index (χ0) is 25.9. The average Bonchev–Trinajstić information content (AvgIpc) is 2.84. The average molecular weight is 530 g/mol. The fourth-order valence-electron chi connectivity index (χ4n) is 3.21. The molecule has 0 heterocycles. The summed E-state index contributed by atoms with van der Waals surface area (Å²) >= 11 is 14.2. The molecule has 7 heteroatoms. The van der Waals surface area contributed by atoms with Crippen LogP contribution in [-0.2, 0) is 10.2 Å². The SMILES string of the molecule is CC.CCC(O)COc1c(Cl)cc(C(C)(C)c2ccc(OCC(CC)C(=O)SC)cc2)cc1Cl. The normalized spacial score (nSPS) is 12.9. The number of benzene rings is 2. The lowest BCUT2D eigenvalue weighted by Crippen LogP contribution is -2.20. The molecule has 2 aromatic rings. The Balaban J connectivity index is 0.00000281. The third-order valence-electron chi connectivity index (χ3n) is 5.67. The van der Waals surface area contributed by atoms with Gasteiger partial charge in [-0.05, 0) is 54.5 Å². The molecule has 0 aliphatic carbocycles. The van der Waals surface area contributed by atoms with Crippen LogP contribution < -0.4 is 9.47 Å². The number of thioether (sulfide) groups is 1. The number of hydrogen-bond donors (Lipinski definition) is 1. The smallest absolute Gasteiger partial charge is 0.195 e. The lowest BCUT2D eigenvalue weighted by molar-refractivity contribution is -0.115. The summed E-state index contributed by atoms with van der Waals surface area (Å²) in [5.74, 6) is 1.00. The Hall–Kier alpha value is -1.40. The van der Waals surface area contributed by atoms with Gasteiger partial charge in [0, 0.05) is 5.41 Å². The maximum Gasteiger partial charge on any atom is 0.195 e. The van der Waals surface area contributed by atoms with Gasteiger partial charge in [0.15, 0.2) is 10.9 Å². The van der Waals surface area contributed by atoms with Crippen molar-refractivity contribution in [3.05, 3.63) is 57.6 Å². The summed E-state index contributed by atoms with van der Waals surface area (Å²) in [5.41, 5.74) is 1.65. The molecule has 0 fully saturated rings. The van der Waals surface area contributed by atoms with Crippen LogP contribution in [0, 0.1) is 5.92 Å². The molecule has 0 aliphatic heterocycles. The highest BCUT2D eigenvalue weighted by Gasteiger charge is 2.26. The van der Waals surface area contributed by atoms with Crippen LogP contribution in [0.25, 0.3) is 0 Å². The zero-order valence-electron chi connectivity index (χ0n) is 21.3. The molecular formula is C27H38Cl2O4S. The molecule has 0 radical (unpaired) electrons. The molecule has 2 aromatic carbocycles. The first-order valence-electron chi connectivity index (χ1n) is 11.8. The number of carbonyl (C=O) groups excluding carboxylic acids is 1. The molecule has 0 saturated heterocycles. The predicted octanol–water partition coefficient (Wildman–Crippen LogP) is 7.79. The second-order valence-electron chi connectivity index (χ2n) is 8.23. The number of aliphatic hydroxyl groups excluding tert-OH is 1. The number of rotatable bonds is 11. The molecular weight excluding hydrogens is 491 g/mol. The van der Waals surface area contributed by atoms with Crippen molar-refractivity contribution >= 4 is 40.1 Å². The van der Waals surface area contributed by atoms with Crippen LogP contribution in [0.3, 0.4) is 0 Å². The number of ether oxygens (including phenoxy) is 2. The Morgan fingerprint density at radius 3 is 2.00 bits per heavy atom. The molecule has 0 aromatic heterocycles. The summed E-state index contributed by atoms with van der Waals surface area (Å²) in [7, 11) is 0. The van der Waals surface area contributed by atoms with Crippen LogP contribution in [-0.4, -0.2) is 35.8 Å². The minimum Gasteiger partial charge on any atom is -0.493 e. The Bertz CT molecular complexity index is 877. The van der Waals surface area contributed by atoms with E-state index in [0.717, 1.165) is 23.3 Å². The van der Waals surface area contributed by atoms with E-state index >= 15 is 0 Å². The van der Waals surface area contributed by atoms with Crippen LogP contribution in [0.4, 0.5) is 0 Å². The van der Waals surface area contributed by atoms with E-state index in [2.05, 4.69) is 13.8 Å². The van der Waals surface area contributed by atoms with Crippen molar-refractivity contribution < 1.29 is 19.4 Å². The van der Waals surface area contributed by atoms with Crippen molar-refractivity contribution in [2.45, 2.75) is 65.9 Å². The largest absolute Gasteiger partial charge is 0.493 e. The van der Waals surface area contributed by atoms with E-state index in [1.54, 1.807) is 6.26 Å². The van der Waals surface area contributed by atoms with Crippen LogP contribution in [0.2, 0.25) is 10.0 Å². The van der Waals surface area contributed by atoms with Gasteiger partial charge in [0.2, 0.25) is 0 Å². The summed E-state index contributed by atoms with van der Waals surface area (Å²) in [6.45, 7) is 12.6. The highest BCUT2D eigenvalue weighted by atomic mass is 35.5. The molecule has 2 unspecified atom stereocenters. The molecule has 34 heavy (non-hydrogen) atoms. The van der Waals surface area contributed by atoms with Gasteiger partial charge in [-0.1, -0.05) is 88.6 Å². The first kappa shape index (κ1) is 30.6. The standard InChI is InChI=1S/C25H32Cl2O4S.C2H6/c1-6-16(24(29)32-5)14-30-20-10-8-17(9-11-20)25(3,4)18-12-21(26)23(22(27)13-18)31-15-19(28)7-2;1-2/h8-13,16,19,28H,6-7,14-15H2,1-5H3;1-2H3. The third-order valence-corrected chi connectivity index (χ3v) is 6.96. The monoisotopic (exact) mass is 528 g/mol. The zero-order valence-corrected chi connectivity index (χ0v) is 23.6. The highest BCUT2D eigenvalue weighted by molar-refractivity contribution is 8.13. The fraction of sp³-hybridized carbons (Fsp3) is 0.519. The van der Waals surface area contributed by atoms with Gasteiger partial charge in [-0.15, -0.1) is 0 Å². The second kappa shape index (κ2) is 14.9. The number of aliphatic hydroxyl groups is 1. The summed E-state index contributed by atoms with van der Waals surface area (Å²) in [5, 5.41) is 10.7. The van der Waals surface area contributed by atoms with E-state index in [1.807, 2.05) is 64.1 Å². The van der Waals surface area contributed by atoms with Gasteiger partial charge in [0.1, 0.15) is 12.4 Å². The molecule has 0 spiro atoms. The van der Waals surface area contributed by atoms with Crippen molar-refractivity contribution in [1.29, 1.82) is 0 Å².